The number of rotatable bonds is 3. The molecule has 0 saturated heterocycles. The topological polar surface area (TPSA) is 58.7 Å². The molecule has 0 aliphatic heterocycles. The Morgan fingerprint density at radius 3 is 2.68 bits per heavy atom. The molecule has 0 aliphatic rings. The Balaban J connectivity index is 2.35. The second kappa shape index (κ2) is 5.74. The molecule has 0 spiro atoms. The van der Waals surface area contributed by atoms with E-state index in [2.05, 4.69) is 11.1 Å². The maximum absolute atomic E-state index is 12.9. The number of hydrogen-bond acceptors (Lipinski definition) is 4. The summed E-state index contributed by atoms with van der Waals surface area (Å²) in [6, 6.07) is 11.9. The Labute approximate surface area is 132 Å². The monoisotopic (exact) mass is 309 g/mol. The highest BCUT2D eigenvalue weighted by Gasteiger charge is 2.18. The molecule has 0 radical (unpaired) electrons. The van der Waals surface area contributed by atoms with Crippen LogP contribution in [-0.4, -0.2) is 9.55 Å². The molecule has 0 saturated carbocycles. The van der Waals surface area contributed by atoms with E-state index >= 15 is 0 Å². The van der Waals surface area contributed by atoms with E-state index in [1.54, 1.807) is 0 Å². The molecular formula is C17H15N3OS. The van der Waals surface area contributed by atoms with E-state index in [1.807, 2.05) is 49.6 Å². The molecule has 110 valence electrons. The van der Waals surface area contributed by atoms with Crippen LogP contribution in [0, 0.1) is 11.3 Å². The molecule has 22 heavy (non-hydrogen) atoms. The molecule has 2 aromatic heterocycles. The van der Waals surface area contributed by atoms with E-state index < -0.39 is 0 Å². The first kappa shape index (κ1) is 14.5. The third kappa shape index (κ3) is 2.32. The predicted molar refractivity (Wildman–Crippen MR) is 89.0 cm³/mol. The predicted octanol–water partition coefficient (Wildman–Crippen LogP) is 3.77. The first-order valence-corrected chi connectivity index (χ1v) is 7.95. The molecule has 0 amide bonds. The number of nitrogens with zero attached hydrogens (tertiary/aromatic N) is 3. The molecule has 5 heteroatoms. The van der Waals surface area contributed by atoms with Crippen LogP contribution in [0.1, 0.15) is 25.6 Å². The Bertz CT molecular complexity index is 917. The standard InChI is InChI=1S/C17H15N3OS/c1-11(2)15-19-16-14(17(21)20(15)9-8-18)13(10-22-16)12-6-4-3-5-7-12/h3-7,10-11H,9H2,1-2H3. The second-order valence-corrected chi connectivity index (χ2v) is 6.23. The van der Waals surface area contributed by atoms with Crippen LogP contribution in [0.5, 0.6) is 0 Å². The molecule has 0 N–H and O–H groups in total. The van der Waals surface area contributed by atoms with E-state index in [9.17, 15) is 4.79 Å². The van der Waals surface area contributed by atoms with Gasteiger partial charge in [0, 0.05) is 16.9 Å². The summed E-state index contributed by atoms with van der Waals surface area (Å²) in [4.78, 5) is 18.2. The lowest BCUT2D eigenvalue weighted by Gasteiger charge is -2.12. The summed E-state index contributed by atoms with van der Waals surface area (Å²) in [5, 5.41) is 11.6. The molecule has 0 aliphatic carbocycles. The van der Waals surface area contributed by atoms with Crippen LogP contribution < -0.4 is 5.56 Å². The van der Waals surface area contributed by atoms with E-state index in [4.69, 9.17) is 5.26 Å². The van der Waals surface area contributed by atoms with Crippen molar-refractivity contribution in [3.63, 3.8) is 0 Å². The first-order valence-electron chi connectivity index (χ1n) is 7.07. The van der Waals surface area contributed by atoms with E-state index in [1.165, 1.54) is 15.9 Å². The fraction of sp³-hybridized carbons (Fsp3) is 0.235. The van der Waals surface area contributed by atoms with Crippen LogP contribution in [-0.2, 0) is 6.54 Å². The number of fused-ring (bicyclic) bond motifs is 1. The van der Waals surface area contributed by atoms with E-state index in [0.29, 0.717) is 11.2 Å². The quantitative estimate of drug-likeness (QED) is 0.740. The van der Waals surface area contributed by atoms with Gasteiger partial charge in [-0.2, -0.15) is 5.26 Å². The number of benzene rings is 1. The van der Waals surface area contributed by atoms with Gasteiger partial charge in [-0.15, -0.1) is 11.3 Å². The fourth-order valence-corrected chi connectivity index (χ4v) is 3.48. The highest BCUT2D eigenvalue weighted by molar-refractivity contribution is 7.17. The van der Waals surface area contributed by atoms with Gasteiger partial charge in [0.2, 0.25) is 0 Å². The molecule has 2 heterocycles. The van der Waals surface area contributed by atoms with Crippen LogP contribution in [0.2, 0.25) is 0 Å². The van der Waals surface area contributed by atoms with E-state index in [0.717, 1.165) is 16.0 Å². The van der Waals surface area contributed by atoms with Gasteiger partial charge in [-0.05, 0) is 5.56 Å². The van der Waals surface area contributed by atoms with Crippen LogP contribution in [0.15, 0.2) is 40.5 Å². The van der Waals surface area contributed by atoms with Crippen molar-refractivity contribution in [2.75, 3.05) is 0 Å². The Morgan fingerprint density at radius 2 is 2.05 bits per heavy atom. The molecule has 0 fully saturated rings. The van der Waals surface area contributed by atoms with Gasteiger partial charge >= 0.3 is 0 Å². The summed E-state index contributed by atoms with van der Waals surface area (Å²) >= 11 is 1.47. The lowest BCUT2D eigenvalue weighted by atomic mass is 10.1. The average molecular weight is 309 g/mol. The van der Waals surface area contributed by atoms with Gasteiger partial charge in [-0.1, -0.05) is 44.2 Å². The Morgan fingerprint density at radius 1 is 1.32 bits per heavy atom. The van der Waals surface area contributed by atoms with Gasteiger partial charge in [-0.3, -0.25) is 9.36 Å². The first-order chi connectivity index (χ1) is 10.6. The average Bonchev–Trinajstić information content (AvgIpc) is 2.95. The molecular weight excluding hydrogens is 294 g/mol. The van der Waals surface area contributed by atoms with Crippen LogP contribution >= 0.6 is 11.3 Å². The highest BCUT2D eigenvalue weighted by Crippen LogP contribution is 2.31. The van der Waals surface area contributed by atoms with Crippen molar-refractivity contribution in [3.8, 4) is 17.2 Å². The molecule has 0 bridgehead atoms. The van der Waals surface area contributed by atoms with Crippen LogP contribution in [0.25, 0.3) is 21.3 Å². The van der Waals surface area contributed by atoms with Gasteiger partial charge in [0.15, 0.2) is 0 Å². The van der Waals surface area contributed by atoms with Crippen molar-refractivity contribution in [1.29, 1.82) is 5.26 Å². The highest BCUT2D eigenvalue weighted by atomic mass is 32.1. The van der Waals surface area contributed by atoms with Crippen LogP contribution in [0.3, 0.4) is 0 Å². The molecule has 3 rings (SSSR count). The van der Waals surface area contributed by atoms with Gasteiger partial charge < -0.3 is 0 Å². The smallest absolute Gasteiger partial charge is 0.263 e. The SMILES string of the molecule is CC(C)c1nc2scc(-c3ccccc3)c2c(=O)n1CC#N. The second-order valence-electron chi connectivity index (χ2n) is 5.37. The molecule has 0 unspecified atom stereocenters. The maximum Gasteiger partial charge on any atom is 0.263 e. The largest absolute Gasteiger partial charge is 0.282 e. The summed E-state index contributed by atoms with van der Waals surface area (Å²) in [6.07, 6.45) is 0. The third-order valence-corrected chi connectivity index (χ3v) is 4.43. The van der Waals surface area contributed by atoms with Gasteiger partial charge in [-0.25, -0.2) is 4.98 Å². The van der Waals surface area contributed by atoms with Crippen molar-refractivity contribution in [1.82, 2.24) is 9.55 Å². The van der Waals surface area contributed by atoms with Crippen molar-refractivity contribution in [2.45, 2.75) is 26.3 Å². The maximum atomic E-state index is 12.9. The van der Waals surface area contributed by atoms with Crippen molar-refractivity contribution < 1.29 is 0 Å². The van der Waals surface area contributed by atoms with Gasteiger partial charge in [0.25, 0.3) is 5.56 Å². The Kier molecular flexibility index (Phi) is 3.78. The minimum atomic E-state index is -0.129. The van der Waals surface area contributed by atoms with Crippen molar-refractivity contribution >= 4 is 21.6 Å². The number of aromatic nitrogens is 2. The van der Waals surface area contributed by atoms with Crippen molar-refractivity contribution in [3.05, 3.63) is 51.9 Å². The lowest BCUT2D eigenvalue weighted by molar-refractivity contribution is 0.648. The van der Waals surface area contributed by atoms with Crippen molar-refractivity contribution in [2.24, 2.45) is 0 Å². The van der Waals surface area contributed by atoms with Gasteiger partial charge in [0.1, 0.15) is 17.2 Å². The zero-order valence-electron chi connectivity index (χ0n) is 12.4. The summed E-state index contributed by atoms with van der Waals surface area (Å²) < 4.78 is 1.49. The third-order valence-electron chi connectivity index (χ3n) is 3.55. The number of nitriles is 1. The zero-order valence-corrected chi connectivity index (χ0v) is 13.2. The summed E-state index contributed by atoms with van der Waals surface area (Å²) in [5.74, 6) is 0.758. The zero-order chi connectivity index (χ0) is 15.7. The Hall–Kier alpha value is -2.45. The van der Waals surface area contributed by atoms with Gasteiger partial charge in [0.05, 0.1) is 11.5 Å². The molecule has 0 atom stereocenters. The molecule has 1 aromatic carbocycles. The molecule has 3 aromatic rings. The minimum Gasteiger partial charge on any atom is -0.282 e. The van der Waals surface area contributed by atoms with Crippen LogP contribution in [0.4, 0.5) is 0 Å². The normalized spacial score (nSPS) is 11.0. The fourth-order valence-electron chi connectivity index (χ4n) is 2.53. The lowest BCUT2D eigenvalue weighted by Crippen LogP contribution is -2.25. The number of hydrogen-bond donors (Lipinski definition) is 0. The molecule has 4 nitrogen and oxygen atoms in total. The summed E-state index contributed by atoms with van der Waals surface area (Å²) in [5.41, 5.74) is 1.75. The minimum absolute atomic E-state index is 0.0271. The summed E-state index contributed by atoms with van der Waals surface area (Å²) in [7, 11) is 0. The number of thiophene rings is 1. The summed E-state index contributed by atoms with van der Waals surface area (Å²) in [6.45, 7) is 3.99. The van der Waals surface area contributed by atoms with E-state index in [-0.39, 0.29) is 18.0 Å².